The Morgan fingerprint density at radius 3 is 2.62 bits per heavy atom. The number of fused-ring (bicyclic) bond motifs is 2. The normalized spacial score (nSPS) is 17.0. The molecule has 0 saturated carbocycles. The van der Waals surface area contributed by atoms with Gasteiger partial charge >= 0.3 is 0 Å². The molecular weight excluding hydrogens is 376 g/mol. The second-order valence-corrected chi connectivity index (χ2v) is 8.61. The fourth-order valence-electron chi connectivity index (χ4n) is 4.26. The van der Waals surface area contributed by atoms with E-state index in [0.29, 0.717) is 0 Å². The summed E-state index contributed by atoms with van der Waals surface area (Å²) in [5.41, 5.74) is 4.17. The van der Waals surface area contributed by atoms with Crippen molar-refractivity contribution >= 4 is 28.4 Å². The highest BCUT2D eigenvalue weighted by molar-refractivity contribution is 7.99. The molecule has 0 bridgehead atoms. The molecule has 5 rings (SSSR count). The van der Waals surface area contributed by atoms with Gasteiger partial charge in [-0.15, -0.1) is 11.8 Å². The lowest BCUT2D eigenvalue weighted by Crippen LogP contribution is -2.88. The molecule has 3 nitrogen and oxygen atoms in total. The van der Waals surface area contributed by atoms with E-state index in [2.05, 4.69) is 46.7 Å². The molecule has 1 aliphatic rings. The van der Waals surface area contributed by atoms with Gasteiger partial charge in [0.1, 0.15) is 6.04 Å². The number of nitrogens with one attached hydrogen (secondary N) is 1. The maximum absolute atomic E-state index is 13.7. The van der Waals surface area contributed by atoms with Crippen molar-refractivity contribution in [2.75, 3.05) is 5.75 Å². The minimum absolute atomic E-state index is 0.157. The van der Waals surface area contributed by atoms with Crippen LogP contribution in [0.3, 0.4) is 0 Å². The third-order valence-corrected chi connectivity index (χ3v) is 6.85. The van der Waals surface area contributed by atoms with Crippen molar-refractivity contribution in [2.45, 2.75) is 23.4 Å². The van der Waals surface area contributed by atoms with E-state index in [9.17, 15) is 4.79 Å². The van der Waals surface area contributed by atoms with Crippen molar-refractivity contribution in [1.29, 1.82) is 0 Å². The molecule has 0 fully saturated rings. The van der Waals surface area contributed by atoms with Gasteiger partial charge in [-0.1, -0.05) is 66.7 Å². The lowest BCUT2D eigenvalue weighted by molar-refractivity contribution is -0.721. The lowest BCUT2D eigenvalue weighted by Gasteiger charge is -2.27. The molecule has 29 heavy (non-hydrogen) atoms. The molecule has 0 radical (unpaired) electrons. The summed E-state index contributed by atoms with van der Waals surface area (Å²) in [5, 5.41) is 3.27. The number of H-pyrrole nitrogens is 1. The highest BCUT2D eigenvalue weighted by Crippen LogP contribution is 2.34. The predicted molar refractivity (Wildman–Crippen MR) is 118 cm³/mol. The van der Waals surface area contributed by atoms with Gasteiger partial charge in [0.05, 0.1) is 0 Å². The zero-order valence-corrected chi connectivity index (χ0v) is 16.9. The van der Waals surface area contributed by atoms with Crippen molar-refractivity contribution < 1.29 is 10.1 Å². The molecule has 3 N–H and O–H groups in total. The number of ketones is 1. The number of benzene rings is 3. The van der Waals surface area contributed by atoms with E-state index in [1.807, 2.05) is 60.4 Å². The summed E-state index contributed by atoms with van der Waals surface area (Å²) in [6.07, 6.45) is 2.92. The van der Waals surface area contributed by atoms with E-state index in [0.717, 1.165) is 34.2 Å². The number of carbonyl (C=O) groups is 1. The zero-order chi connectivity index (χ0) is 19.6. The highest BCUT2D eigenvalue weighted by atomic mass is 32.2. The molecule has 4 heteroatoms. The van der Waals surface area contributed by atoms with Gasteiger partial charge in [0.25, 0.3) is 0 Å². The Morgan fingerprint density at radius 2 is 1.72 bits per heavy atom. The van der Waals surface area contributed by atoms with E-state index >= 15 is 0 Å². The number of hydrogen-bond donors (Lipinski definition) is 2. The van der Waals surface area contributed by atoms with E-state index in [1.54, 1.807) is 0 Å². The number of aromatic nitrogens is 1. The number of carbonyl (C=O) groups excluding carboxylic acids is 1. The van der Waals surface area contributed by atoms with Crippen LogP contribution in [0.5, 0.6) is 0 Å². The minimum Gasteiger partial charge on any atom is -0.360 e. The Labute approximate surface area is 174 Å². The van der Waals surface area contributed by atoms with Crippen LogP contribution in [0.15, 0.2) is 90.0 Å². The maximum atomic E-state index is 13.7. The van der Waals surface area contributed by atoms with E-state index < -0.39 is 0 Å². The van der Waals surface area contributed by atoms with Crippen LogP contribution in [0.4, 0.5) is 0 Å². The predicted octanol–water partition coefficient (Wildman–Crippen LogP) is 4.89. The Kier molecular flexibility index (Phi) is 4.96. The Hall–Kier alpha value is -2.82. The van der Waals surface area contributed by atoms with Crippen LogP contribution in [0.25, 0.3) is 10.9 Å². The number of quaternary nitrogens is 1. The molecule has 0 saturated heterocycles. The first-order valence-corrected chi connectivity index (χ1v) is 11.0. The first-order chi connectivity index (χ1) is 14.3. The van der Waals surface area contributed by atoms with E-state index in [-0.39, 0.29) is 17.9 Å². The summed E-state index contributed by atoms with van der Waals surface area (Å²) in [4.78, 5) is 18.3. The summed E-state index contributed by atoms with van der Waals surface area (Å²) in [7, 11) is 0. The van der Waals surface area contributed by atoms with Crippen molar-refractivity contribution in [3.8, 4) is 0 Å². The van der Waals surface area contributed by atoms with Crippen molar-refractivity contribution in [1.82, 2.24) is 4.98 Å². The van der Waals surface area contributed by atoms with Crippen LogP contribution in [-0.4, -0.2) is 16.5 Å². The van der Waals surface area contributed by atoms with Gasteiger partial charge in [0.15, 0.2) is 6.04 Å². The van der Waals surface area contributed by atoms with Gasteiger partial charge in [-0.05, 0) is 12.1 Å². The number of rotatable bonds is 5. The first-order valence-electron chi connectivity index (χ1n) is 10.0. The monoisotopic (exact) mass is 399 g/mol. The van der Waals surface area contributed by atoms with Crippen molar-refractivity contribution in [3.05, 3.63) is 102 Å². The number of para-hydroxylation sites is 1. The molecule has 0 unspecified atom stereocenters. The van der Waals surface area contributed by atoms with Gasteiger partial charge in [0.2, 0.25) is 5.78 Å². The summed E-state index contributed by atoms with van der Waals surface area (Å²) in [6, 6.07) is 26.8. The quantitative estimate of drug-likeness (QED) is 0.469. The fourth-order valence-corrected chi connectivity index (χ4v) is 5.41. The van der Waals surface area contributed by atoms with Gasteiger partial charge < -0.3 is 10.3 Å². The molecule has 2 heterocycles. The molecule has 3 aromatic carbocycles. The van der Waals surface area contributed by atoms with E-state index in [4.69, 9.17) is 0 Å². The Balaban J connectivity index is 1.54. The molecule has 0 spiro atoms. The topological polar surface area (TPSA) is 49.5 Å². The van der Waals surface area contributed by atoms with Gasteiger partial charge in [-0.2, -0.15) is 0 Å². The van der Waals surface area contributed by atoms with Crippen molar-refractivity contribution in [3.63, 3.8) is 0 Å². The molecular formula is C25H23N2OS+. The molecule has 144 valence electrons. The van der Waals surface area contributed by atoms with Crippen LogP contribution >= 0.6 is 11.8 Å². The van der Waals surface area contributed by atoms with Crippen molar-refractivity contribution in [2.24, 2.45) is 0 Å². The fraction of sp³-hybridized carbons (Fsp3) is 0.160. The number of hydrogen-bond acceptors (Lipinski definition) is 2. The summed E-state index contributed by atoms with van der Waals surface area (Å²) in [5.74, 6) is 1.24. The molecule has 4 aromatic rings. The number of nitrogens with two attached hydrogens (primary N) is 1. The molecule has 1 aromatic heterocycles. The smallest absolute Gasteiger partial charge is 0.226 e. The zero-order valence-electron chi connectivity index (χ0n) is 16.0. The third kappa shape index (κ3) is 3.50. The van der Waals surface area contributed by atoms with Gasteiger partial charge in [-0.25, -0.2) is 0 Å². The standard InChI is InChI=1S/C25H22N2OS/c28-25(20-16-26-21-12-6-4-10-18(20)21)24(17-8-2-1-3-9-17)27-22-14-15-29-23-13-7-5-11-19(22)23/h1-13,16,22,24,26-27H,14-15H2/p+1/t22-,24-/m1/s1. The number of thioether (sulfide) groups is 1. The largest absolute Gasteiger partial charge is 0.360 e. The SMILES string of the molecule is O=C(c1c[nH]c2ccccc12)[C@H]([NH2+][C@@H]1CCSc2ccccc21)c1ccccc1. The Morgan fingerprint density at radius 1 is 0.966 bits per heavy atom. The highest BCUT2D eigenvalue weighted by Gasteiger charge is 2.33. The summed E-state index contributed by atoms with van der Waals surface area (Å²) < 4.78 is 0. The average Bonchev–Trinajstić information content (AvgIpc) is 3.22. The second-order valence-electron chi connectivity index (χ2n) is 7.47. The van der Waals surface area contributed by atoms with Gasteiger partial charge in [-0.3, -0.25) is 4.79 Å². The molecule has 0 aliphatic carbocycles. The second kappa shape index (κ2) is 7.90. The minimum atomic E-state index is -0.267. The summed E-state index contributed by atoms with van der Waals surface area (Å²) >= 11 is 1.91. The van der Waals surface area contributed by atoms with Crippen LogP contribution in [-0.2, 0) is 0 Å². The van der Waals surface area contributed by atoms with Crippen LogP contribution < -0.4 is 5.32 Å². The third-order valence-electron chi connectivity index (χ3n) is 5.73. The maximum Gasteiger partial charge on any atom is 0.226 e. The summed E-state index contributed by atoms with van der Waals surface area (Å²) in [6.45, 7) is 0. The Bertz CT molecular complexity index is 1150. The molecule has 2 atom stereocenters. The molecule has 0 amide bonds. The van der Waals surface area contributed by atoms with Crippen LogP contribution in [0, 0.1) is 0 Å². The van der Waals surface area contributed by atoms with Crippen LogP contribution in [0.2, 0.25) is 0 Å². The molecule has 1 aliphatic heterocycles. The van der Waals surface area contributed by atoms with Gasteiger partial charge in [0, 0.05) is 50.9 Å². The first kappa shape index (κ1) is 18.2. The number of aromatic amines is 1. The van der Waals surface area contributed by atoms with Crippen LogP contribution in [0.1, 0.15) is 40.0 Å². The number of Topliss-reactive ketones (excluding diaryl/α,β-unsaturated/α-hetero) is 1. The average molecular weight is 400 g/mol. The van der Waals surface area contributed by atoms with E-state index in [1.165, 1.54) is 10.5 Å². The lowest BCUT2D eigenvalue weighted by atomic mass is 9.94.